The number of nitrogens with one attached hydrogen (secondary N) is 1. The van der Waals surface area contributed by atoms with Gasteiger partial charge in [0.25, 0.3) is 0 Å². The molecule has 1 aromatic rings. The number of likely N-dealkylation sites (tertiary alicyclic amines) is 1. The molecule has 5 nitrogen and oxygen atoms in total. The first kappa shape index (κ1) is 12.1. The van der Waals surface area contributed by atoms with Crippen molar-refractivity contribution in [3.8, 4) is 0 Å². The van der Waals surface area contributed by atoms with E-state index in [-0.39, 0.29) is 0 Å². The molecular weight excluding hydrogens is 228 g/mol. The Kier molecular flexibility index (Phi) is 3.35. The molecule has 0 amide bonds. The van der Waals surface area contributed by atoms with Gasteiger partial charge in [0.1, 0.15) is 5.82 Å². The minimum Gasteiger partial charge on any atom is -0.384 e. The van der Waals surface area contributed by atoms with Crippen LogP contribution >= 0.6 is 0 Å². The second-order valence-electron chi connectivity index (χ2n) is 5.76. The van der Waals surface area contributed by atoms with E-state index in [0.29, 0.717) is 11.8 Å². The number of methoxy groups -OCH3 is 1. The SMILES string of the molecule is COC[C@@H]1CN(CC2CC2)C[C@H]1c1n[nH]c(C)n1. The number of aryl methyl sites for hydroxylation is 1. The fraction of sp³-hybridized carbons (Fsp3) is 0.846. The topological polar surface area (TPSA) is 54.0 Å². The number of rotatable bonds is 5. The van der Waals surface area contributed by atoms with Crippen molar-refractivity contribution in [2.75, 3.05) is 33.4 Å². The van der Waals surface area contributed by atoms with E-state index in [0.717, 1.165) is 37.3 Å². The molecule has 0 unspecified atom stereocenters. The van der Waals surface area contributed by atoms with Crippen molar-refractivity contribution in [3.05, 3.63) is 11.6 Å². The number of aromatic amines is 1. The van der Waals surface area contributed by atoms with Crippen LogP contribution in [0.25, 0.3) is 0 Å². The van der Waals surface area contributed by atoms with E-state index in [9.17, 15) is 0 Å². The van der Waals surface area contributed by atoms with E-state index in [1.807, 2.05) is 6.92 Å². The van der Waals surface area contributed by atoms with Crippen LogP contribution in [0, 0.1) is 18.8 Å². The van der Waals surface area contributed by atoms with Crippen LogP contribution in [0.4, 0.5) is 0 Å². The van der Waals surface area contributed by atoms with Crippen LogP contribution in [0.3, 0.4) is 0 Å². The number of ether oxygens (including phenoxy) is 1. The van der Waals surface area contributed by atoms with Gasteiger partial charge < -0.3 is 9.64 Å². The number of nitrogens with zero attached hydrogens (tertiary/aromatic N) is 3. The molecule has 3 rings (SSSR count). The van der Waals surface area contributed by atoms with Crippen molar-refractivity contribution in [1.82, 2.24) is 20.1 Å². The van der Waals surface area contributed by atoms with Gasteiger partial charge in [-0.2, -0.15) is 5.10 Å². The lowest BCUT2D eigenvalue weighted by Gasteiger charge is -2.14. The van der Waals surface area contributed by atoms with Gasteiger partial charge >= 0.3 is 0 Å². The lowest BCUT2D eigenvalue weighted by atomic mass is 9.96. The van der Waals surface area contributed by atoms with Gasteiger partial charge in [0.2, 0.25) is 0 Å². The molecule has 1 N–H and O–H groups in total. The standard InChI is InChI=1S/C13H22N4O/c1-9-14-13(16-15-9)12-7-17(5-10-3-4-10)6-11(12)8-18-2/h10-12H,3-8H2,1-2H3,(H,14,15,16)/t11-,12+/m0/s1. The third kappa shape index (κ3) is 2.57. The number of H-pyrrole nitrogens is 1. The summed E-state index contributed by atoms with van der Waals surface area (Å²) in [5.74, 6) is 3.77. The van der Waals surface area contributed by atoms with Gasteiger partial charge in [-0.3, -0.25) is 5.10 Å². The van der Waals surface area contributed by atoms with Gasteiger partial charge in [-0.25, -0.2) is 4.98 Å². The zero-order chi connectivity index (χ0) is 12.5. The summed E-state index contributed by atoms with van der Waals surface area (Å²) >= 11 is 0. The van der Waals surface area contributed by atoms with Crippen LogP contribution in [0.1, 0.15) is 30.4 Å². The lowest BCUT2D eigenvalue weighted by molar-refractivity contribution is 0.146. The number of hydrogen-bond acceptors (Lipinski definition) is 4. The molecule has 2 aliphatic rings. The molecule has 18 heavy (non-hydrogen) atoms. The van der Waals surface area contributed by atoms with Crippen molar-refractivity contribution < 1.29 is 4.74 Å². The van der Waals surface area contributed by atoms with E-state index in [2.05, 4.69) is 20.1 Å². The molecule has 0 aromatic carbocycles. The molecule has 0 radical (unpaired) electrons. The molecule has 2 fully saturated rings. The Balaban J connectivity index is 1.69. The Labute approximate surface area is 108 Å². The molecular formula is C13H22N4O. The average molecular weight is 250 g/mol. The second kappa shape index (κ2) is 4.97. The predicted molar refractivity (Wildman–Crippen MR) is 68.4 cm³/mol. The monoisotopic (exact) mass is 250 g/mol. The van der Waals surface area contributed by atoms with Crippen molar-refractivity contribution in [1.29, 1.82) is 0 Å². The lowest BCUT2D eigenvalue weighted by Crippen LogP contribution is -2.24. The van der Waals surface area contributed by atoms with Crippen LogP contribution in [-0.4, -0.2) is 53.4 Å². The van der Waals surface area contributed by atoms with Crippen LogP contribution in [0.2, 0.25) is 0 Å². The predicted octanol–water partition coefficient (Wildman–Crippen LogP) is 1.18. The molecule has 5 heteroatoms. The van der Waals surface area contributed by atoms with Crippen molar-refractivity contribution in [3.63, 3.8) is 0 Å². The zero-order valence-corrected chi connectivity index (χ0v) is 11.2. The molecule has 2 atom stereocenters. The highest BCUT2D eigenvalue weighted by Crippen LogP contribution is 2.35. The summed E-state index contributed by atoms with van der Waals surface area (Å²) in [6.45, 7) is 6.22. The molecule has 1 saturated heterocycles. The summed E-state index contributed by atoms with van der Waals surface area (Å²) in [6, 6.07) is 0. The summed E-state index contributed by atoms with van der Waals surface area (Å²) in [5, 5.41) is 7.30. The Bertz CT molecular complexity index is 401. The quantitative estimate of drug-likeness (QED) is 0.852. The molecule has 0 spiro atoms. The summed E-state index contributed by atoms with van der Waals surface area (Å²) in [5.41, 5.74) is 0. The molecule has 1 aliphatic carbocycles. The normalized spacial score (nSPS) is 29.0. The minimum absolute atomic E-state index is 0.425. The van der Waals surface area contributed by atoms with E-state index in [1.165, 1.54) is 19.4 Å². The van der Waals surface area contributed by atoms with Gasteiger partial charge in [0.15, 0.2) is 5.82 Å². The highest BCUT2D eigenvalue weighted by molar-refractivity contribution is 5.05. The molecule has 0 bridgehead atoms. The molecule has 2 heterocycles. The van der Waals surface area contributed by atoms with Crippen LogP contribution in [-0.2, 0) is 4.74 Å². The first-order valence-electron chi connectivity index (χ1n) is 6.86. The van der Waals surface area contributed by atoms with Crippen LogP contribution in [0.5, 0.6) is 0 Å². The van der Waals surface area contributed by atoms with E-state index in [4.69, 9.17) is 4.74 Å². The summed E-state index contributed by atoms with van der Waals surface area (Å²) < 4.78 is 5.36. The van der Waals surface area contributed by atoms with Gasteiger partial charge in [-0.15, -0.1) is 0 Å². The van der Waals surface area contributed by atoms with E-state index in [1.54, 1.807) is 7.11 Å². The smallest absolute Gasteiger partial charge is 0.155 e. The largest absolute Gasteiger partial charge is 0.384 e. The first-order chi connectivity index (χ1) is 8.76. The van der Waals surface area contributed by atoms with Gasteiger partial charge in [-0.1, -0.05) is 0 Å². The highest BCUT2D eigenvalue weighted by Gasteiger charge is 2.38. The molecule has 1 aliphatic heterocycles. The Morgan fingerprint density at radius 1 is 1.39 bits per heavy atom. The molecule has 1 saturated carbocycles. The zero-order valence-electron chi connectivity index (χ0n) is 11.2. The maximum Gasteiger partial charge on any atom is 0.155 e. The third-order valence-electron chi connectivity index (χ3n) is 4.06. The summed E-state index contributed by atoms with van der Waals surface area (Å²) in [7, 11) is 1.78. The minimum atomic E-state index is 0.425. The summed E-state index contributed by atoms with van der Waals surface area (Å²) in [4.78, 5) is 7.07. The average Bonchev–Trinajstić information content (AvgIpc) is 2.90. The van der Waals surface area contributed by atoms with Crippen LogP contribution < -0.4 is 0 Å². The maximum absolute atomic E-state index is 5.36. The van der Waals surface area contributed by atoms with E-state index >= 15 is 0 Å². The summed E-state index contributed by atoms with van der Waals surface area (Å²) in [6.07, 6.45) is 2.83. The van der Waals surface area contributed by atoms with Gasteiger partial charge in [0.05, 0.1) is 6.61 Å². The Hall–Kier alpha value is -0.940. The Morgan fingerprint density at radius 2 is 2.22 bits per heavy atom. The first-order valence-corrected chi connectivity index (χ1v) is 6.86. The van der Waals surface area contributed by atoms with Crippen molar-refractivity contribution in [2.24, 2.45) is 11.8 Å². The van der Waals surface area contributed by atoms with Gasteiger partial charge in [-0.05, 0) is 25.7 Å². The van der Waals surface area contributed by atoms with Crippen molar-refractivity contribution in [2.45, 2.75) is 25.7 Å². The second-order valence-corrected chi connectivity index (χ2v) is 5.76. The third-order valence-corrected chi connectivity index (χ3v) is 4.06. The number of aromatic nitrogens is 3. The fourth-order valence-corrected chi connectivity index (χ4v) is 2.98. The maximum atomic E-state index is 5.36. The Morgan fingerprint density at radius 3 is 2.83 bits per heavy atom. The molecule has 100 valence electrons. The van der Waals surface area contributed by atoms with Gasteiger partial charge in [0, 0.05) is 38.6 Å². The molecule has 1 aromatic heterocycles. The van der Waals surface area contributed by atoms with E-state index < -0.39 is 0 Å². The number of hydrogen-bond donors (Lipinski definition) is 1. The van der Waals surface area contributed by atoms with Crippen LogP contribution in [0.15, 0.2) is 0 Å². The highest BCUT2D eigenvalue weighted by atomic mass is 16.5. The fourth-order valence-electron chi connectivity index (χ4n) is 2.98. The van der Waals surface area contributed by atoms with Crippen molar-refractivity contribution >= 4 is 0 Å².